The lowest BCUT2D eigenvalue weighted by atomic mass is 10.3. The molecule has 1 amide bonds. The molecule has 2 aromatic carbocycles. The molecule has 30 heavy (non-hydrogen) atoms. The zero-order valence-electron chi connectivity index (χ0n) is 15.6. The second kappa shape index (κ2) is 10.1. The molecule has 1 aromatic heterocycles. The summed E-state index contributed by atoms with van der Waals surface area (Å²) in [6.07, 6.45) is 1.34. The van der Waals surface area contributed by atoms with Crippen LogP contribution in [-0.4, -0.2) is 23.6 Å². The van der Waals surface area contributed by atoms with E-state index < -0.39 is 4.92 Å². The molecule has 0 aliphatic rings. The van der Waals surface area contributed by atoms with Crippen molar-refractivity contribution in [3.63, 3.8) is 0 Å². The molecule has 0 atom stereocenters. The van der Waals surface area contributed by atoms with Crippen LogP contribution in [0.25, 0.3) is 0 Å². The van der Waals surface area contributed by atoms with Gasteiger partial charge in [0.15, 0.2) is 5.75 Å². The van der Waals surface area contributed by atoms with Crippen molar-refractivity contribution in [2.45, 2.75) is 6.61 Å². The highest BCUT2D eigenvalue weighted by atomic mass is 35.5. The summed E-state index contributed by atoms with van der Waals surface area (Å²) < 4.78 is 11.0. The number of ether oxygens (including phenoxy) is 1. The molecule has 154 valence electrons. The Morgan fingerprint density at radius 3 is 2.70 bits per heavy atom. The number of carbonyl (C=O) groups is 1. The zero-order valence-corrected chi connectivity index (χ0v) is 16.3. The Kier molecular flexibility index (Phi) is 7.01. The topological polar surface area (TPSA) is 119 Å². The van der Waals surface area contributed by atoms with Crippen LogP contribution >= 0.6 is 11.6 Å². The van der Waals surface area contributed by atoms with Crippen LogP contribution in [0.15, 0.2) is 70.2 Å². The van der Waals surface area contributed by atoms with Crippen molar-refractivity contribution in [1.29, 1.82) is 0 Å². The van der Waals surface area contributed by atoms with Crippen molar-refractivity contribution in [2.24, 2.45) is 5.10 Å². The van der Waals surface area contributed by atoms with Crippen LogP contribution in [0.4, 0.5) is 11.4 Å². The molecule has 10 heteroatoms. The maximum absolute atomic E-state index is 11.8. The third kappa shape index (κ3) is 6.08. The number of furan rings is 1. The van der Waals surface area contributed by atoms with Gasteiger partial charge in [-0.2, -0.15) is 5.10 Å². The van der Waals surface area contributed by atoms with Crippen molar-refractivity contribution in [3.8, 4) is 5.75 Å². The summed E-state index contributed by atoms with van der Waals surface area (Å²) in [5.74, 6) is 0.648. The number of rotatable bonds is 9. The number of nitrogens with one attached hydrogen (secondary N) is 2. The number of hydrogen-bond donors (Lipinski definition) is 2. The summed E-state index contributed by atoms with van der Waals surface area (Å²) in [5, 5.41) is 18.4. The molecular formula is C20H17ClN4O5. The summed E-state index contributed by atoms with van der Waals surface area (Å²) >= 11 is 5.80. The highest BCUT2D eigenvalue weighted by Crippen LogP contribution is 2.26. The Morgan fingerprint density at radius 2 is 1.93 bits per heavy atom. The Morgan fingerprint density at radius 1 is 1.17 bits per heavy atom. The van der Waals surface area contributed by atoms with Gasteiger partial charge < -0.3 is 14.5 Å². The minimum atomic E-state index is -0.514. The molecule has 0 fully saturated rings. The largest absolute Gasteiger partial charge is 0.479 e. The molecule has 0 aliphatic carbocycles. The van der Waals surface area contributed by atoms with Gasteiger partial charge in [-0.1, -0.05) is 23.7 Å². The van der Waals surface area contributed by atoms with Crippen LogP contribution in [0.3, 0.4) is 0 Å². The lowest BCUT2D eigenvalue weighted by molar-refractivity contribution is -0.386. The van der Waals surface area contributed by atoms with E-state index in [1.54, 1.807) is 48.5 Å². The highest BCUT2D eigenvalue weighted by Gasteiger charge is 2.14. The molecule has 3 rings (SSSR count). The number of anilines is 1. The van der Waals surface area contributed by atoms with E-state index in [4.69, 9.17) is 20.8 Å². The van der Waals surface area contributed by atoms with Gasteiger partial charge in [-0.3, -0.25) is 14.9 Å². The number of para-hydroxylation sites is 2. The van der Waals surface area contributed by atoms with E-state index in [0.29, 0.717) is 16.5 Å². The molecule has 0 radical (unpaired) electrons. The molecule has 0 bridgehead atoms. The van der Waals surface area contributed by atoms with Gasteiger partial charge in [-0.15, -0.1) is 0 Å². The molecule has 0 spiro atoms. The fraction of sp³-hybridized carbons (Fsp3) is 0.100. The maximum atomic E-state index is 11.8. The van der Waals surface area contributed by atoms with Gasteiger partial charge in [0.25, 0.3) is 5.91 Å². The average Bonchev–Trinajstić information content (AvgIpc) is 3.19. The zero-order chi connectivity index (χ0) is 21.3. The van der Waals surface area contributed by atoms with E-state index in [2.05, 4.69) is 15.8 Å². The Labute approximate surface area is 176 Å². The number of hydrazone groups is 1. The van der Waals surface area contributed by atoms with Crippen LogP contribution in [-0.2, 0) is 11.4 Å². The minimum Gasteiger partial charge on any atom is -0.479 e. The number of nitro benzene ring substituents is 1. The van der Waals surface area contributed by atoms with Crippen LogP contribution in [0, 0.1) is 10.1 Å². The predicted molar refractivity (Wildman–Crippen MR) is 112 cm³/mol. The first-order valence-electron chi connectivity index (χ1n) is 8.77. The number of carbonyl (C=O) groups excluding carboxylic acids is 1. The highest BCUT2D eigenvalue weighted by molar-refractivity contribution is 6.30. The average molecular weight is 429 g/mol. The Hall–Kier alpha value is -3.85. The van der Waals surface area contributed by atoms with E-state index in [9.17, 15) is 14.9 Å². The lowest BCUT2D eigenvalue weighted by Crippen LogP contribution is -2.25. The first-order chi connectivity index (χ1) is 14.5. The molecule has 3 aromatic rings. The second-order valence-corrected chi connectivity index (χ2v) is 6.41. The quantitative estimate of drug-likeness (QED) is 0.302. The summed E-state index contributed by atoms with van der Waals surface area (Å²) in [7, 11) is 0. The molecule has 0 saturated heterocycles. The molecule has 2 N–H and O–H groups in total. The molecule has 0 unspecified atom stereocenters. The molecule has 1 heterocycles. The van der Waals surface area contributed by atoms with Crippen molar-refractivity contribution in [1.82, 2.24) is 5.43 Å². The lowest BCUT2D eigenvalue weighted by Gasteiger charge is -2.05. The van der Waals surface area contributed by atoms with Crippen LogP contribution in [0.2, 0.25) is 5.02 Å². The van der Waals surface area contributed by atoms with Crippen LogP contribution < -0.4 is 15.5 Å². The third-order valence-corrected chi connectivity index (χ3v) is 4.04. The molecular weight excluding hydrogens is 412 g/mol. The minimum absolute atomic E-state index is 0.00998. The maximum Gasteiger partial charge on any atom is 0.310 e. The van der Waals surface area contributed by atoms with Gasteiger partial charge in [-0.25, -0.2) is 5.43 Å². The first kappa shape index (κ1) is 20.9. The van der Waals surface area contributed by atoms with Crippen LogP contribution in [0.1, 0.15) is 11.5 Å². The fourth-order valence-corrected chi connectivity index (χ4v) is 2.50. The molecule has 9 nitrogen and oxygen atoms in total. The first-order valence-corrected chi connectivity index (χ1v) is 9.15. The normalized spacial score (nSPS) is 10.7. The third-order valence-electron chi connectivity index (χ3n) is 3.79. The van der Waals surface area contributed by atoms with Gasteiger partial charge in [-0.05, 0) is 42.5 Å². The van der Waals surface area contributed by atoms with E-state index >= 15 is 0 Å². The van der Waals surface area contributed by atoms with Crippen molar-refractivity contribution < 1.29 is 18.9 Å². The number of benzene rings is 2. The van der Waals surface area contributed by atoms with Gasteiger partial charge in [0.05, 0.1) is 17.7 Å². The summed E-state index contributed by atoms with van der Waals surface area (Å²) in [6, 6.07) is 16.3. The number of nitro groups is 1. The smallest absolute Gasteiger partial charge is 0.310 e. The fourth-order valence-electron chi connectivity index (χ4n) is 2.38. The molecule has 0 saturated carbocycles. The monoisotopic (exact) mass is 428 g/mol. The predicted octanol–water partition coefficient (Wildman–Crippen LogP) is 3.98. The second-order valence-electron chi connectivity index (χ2n) is 5.97. The van der Waals surface area contributed by atoms with E-state index in [1.165, 1.54) is 18.3 Å². The van der Waals surface area contributed by atoms with E-state index in [-0.39, 0.29) is 30.5 Å². The number of amides is 1. The summed E-state index contributed by atoms with van der Waals surface area (Å²) in [5.41, 5.74) is 3.01. The Balaban J connectivity index is 1.45. The molecule has 0 aliphatic heterocycles. The SMILES string of the molecule is O=C(CNc1ccc(Cl)cc1)N/N=C\c1ccc(COc2ccccc2[N+](=O)[O-])o1. The van der Waals surface area contributed by atoms with Gasteiger partial charge in [0.2, 0.25) is 0 Å². The van der Waals surface area contributed by atoms with Crippen molar-refractivity contribution in [2.75, 3.05) is 11.9 Å². The van der Waals surface area contributed by atoms with Crippen molar-refractivity contribution >= 4 is 35.1 Å². The van der Waals surface area contributed by atoms with E-state index in [0.717, 1.165) is 5.69 Å². The van der Waals surface area contributed by atoms with Gasteiger partial charge in [0.1, 0.15) is 18.1 Å². The van der Waals surface area contributed by atoms with E-state index in [1.807, 2.05) is 0 Å². The van der Waals surface area contributed by atoms with Gasteiger partial charge in [0, 0.05) is 16.8 Å². The number of nitrogens with zero attached hydrogens (tertiary/aromatic N) is 2. The van der Waals surface area contributed by atoms with Crippen molar-refractivity contribution in [3.05, 3.63) is 87.3 Å². The summed E-state index contributed by atoms with van der Waals surface area (Å²) in [6.45, 7) is 0.0438. The number of hydrogen-bond acceptors (Lipinski definition) is 7. The standard InChI is InChI=1S/C20H17ClN4O5/c21-14-5-7-15(8-6-14)22-12-20(26)24-23-11-16-9-10-17(30-16)13-29-19-4-2-1-3-18(19)25(27)28/h1-11,22H,12-13H2,(H,24,26)/b23-11-. The van der Waals surface area contributed by atoms with Gasteiger partial charge >= 0.3 is 5.69 Å². The Bertz CT molecular complexity index is 1050. The summed E-state index contributed by atoms with van der Waals surface area (Å²) in [4.78, 5) is 22.3. The number of halogens is 1. The van der Waals surface area contributed by atoms with Crippen LogP contribution in [0.5, 0.6) is 5.75 Å².